The number of methoxy groups -OCH3 is 1. The Morgan fingerprint density at radius 3 is 2.78 bits per heavy atom. The molecule has 94 valence electrons. The van der Waals surface area contributed by atoms with E-state index in [-0.39, 0.29) is 0 Å². The number of fused-ring (bicyclic) bond motifs is 1. The van der Waals surface area contributed by atoms with E-state index in [2.05, 4.69) is 15.9 Å². The van der Waals surface area contributed by atoms with Crippen molar-refractivity contribution in [3.8, 4) is 0 Å². The van der Waals surface area contributed by atoms with Gasteiger partial charge < -0.3 is 9.64 Å². The summed E-state index contributed by atoms with van der Waals surface area (Å²) in [4.78, 5) is 26.3. The maximum absolute atomic E-state index is 11.8. The van der Waals surface area contributed by atoms with E-state index in [4.69, 9.17) is 4.74 Å². The summed E-state index contributed by atoms with van der Waals surface area (Å²) < 4.78 is 5.61. The van der Waals surface area contributed by atoms with Crippen molar-refractivity contribution in [1.82, 2.24) is 4.90 Å². The fourth-order valence-electron chi connectivity index (χ4n) is 1.88. The lowest BCUT2D eigenvalue weighted by atomic mass is 10.0. The van der Waals surface area contributed by atoms with E-state index >= 15 is 0 Å². The number of rotatable bonds is 1. The van der Waals surface area contributed by atoms with Crippen molar-refractivity contribution in [2.75, 3.05) is 14.2 Å². The molecule has 1 aliphatic rings. The molecule has 0 radical (unpaired) electrons. The summed E-state index contributed by atoms with van der Waals surface area (Å²) in [5, 5.41) is 0. The second-order valence-corrected chi connectivity index (χ2v) is 5.85. The topological polar surface area (TPSA) is 46.6 Å². The molecule has 0 amide bonds. The van der Waals surface area contributed by atoms with Crippen LogP contribution in [0.1, 0.15) is 25.7 Å². The predicted octanol–water partition coefficient (Wildman–Crippen LogP) is 2.65. The number of esters is 1. The van der Waals surface area contributed by atoms with E-state index in [1.807, 2.05) is 12.9 Å². The molecule has 0 saturated carbocycles. The molecule has 0 fully saturated rings. The minimum absolute atomic E-state index is 0.345. The van der Waals surface area contributed by atoms with E-state index < -0.39 is 5.97 Å². The standard InChI is InChI=1S/C12H10BrNO3S/c1-6-9(12(16)17-3)10-8(5-15)14(2)4-7(13)11(10)18-6/h4H,1-3H3. The number of nitrogens with zero attached hydrogens (tertiary/aromatic N) is 1. The molecule has 1 aromatic heterocycles. The number of hydrogen-bond donors (Lipinski definition) is 0. The molecule has 0 atom stereocenters. The highest BCUT2D eigenvalue weighted by Crippen LogP contribution is 2.43. The van der Waals surface area contributed by atoms with Gasteiger partial charge in [-0.25, -0.2) is 9.59 Å². The van der Waals surface area contributed by atoms with Gasteiger partial charge in [-0.2, -0.15) is 0 Å². The fourth-order valence-corrected chi connectivity index (χ4v) is 3.67. The molecule has 6 heteroatoms. The van der Waals surface area contributed by atoms with E-state index in [1.165, 1.54) is 18.4 Å². The molecule has 2 rings (SSSR count). The minimum atomic E-state index is -0.437. The molecule has 4 nitrogen and oxygen atoms in total. The average Bonchev–Trinajstić information content (AvgIpc) is 2.67. The van der Waals surface area contributed by atoms with Crippen molar-refractivity contribution in [2.24, 2.45) is 0 Å². The molecule has 2 heterocycles. The van der Waals surface area contributed by atoms with Gasteiger partial charge in [-0.1, -0.05) is 0 Å². The summed E-state index contributed by atoms with van der Waals surface area (Å²) in [5.41, 5.74) is 1.38. The van der Waals surface area contributed by atoms with Gasteiger partial charge in [0, 0.05) is 23.7 Å². The molecular weight excluding hydrogens is 318 g/mol. The number of hydrogen-bond acceptors (Lipinski definition) is 5. The van der Waals surface area contributed by atoms with Crippen LogP contribution < -0.4 is 0 Å². The molecule has 0 spiro atoms. The normalized spacial score (nSPS) is 13.9. The van der Waals surface area contributed by atoms with Crippen molar-refractivity contribution in [1.29, 1.82) is 0 Å². The molecule has 0 bridgehead atoms. The summed E-state index contributed by atoms with van der Waals surface area (Å²) >= 11 is 4.88. The third-order valence-electron chi connectivity index (χ3n) is 2.68. The van der Waals surface area contributed by atoms with E-state index in [1.54, 1.807) is 18.1 Å². The molecule has 0 saturated heterocycles. The number of carbonyl (C=O) groups excluding carboxylic acids is 2. The smallest absolute Gasteiger partial charge is 0.339 e. The average molecular weight is 328 g/mol. The third-order valence-corrected chi connectivity index (χ3v) is 4.69. The number of thiophene rings is 1. The number of ether oxygens (including phenoxy) is 1. The first-order chi connectivity index (χ1) is 8.51. The Kier molecular flexibility index (Phi) is 3.43. The Labute approximate surface area is 117 Å². The van der Waals surface area contributed by atoms with Crippen LogP contribution in [0.15, 0.2) is 6.20 Å². The van der Waals surface area contributed by atoms with Crippen molar-refractivity contribution >= 4 is 49.4 Å². The first-order valence-corrected chi connectivity index (χ1v) is 6.70. The quantitative estimate of drug-likeness (QED) is 0.587. The number of aryl methyl sites for hydroxylation is 1. The van der Waals surface area contributed by atoms with Crippen LogP contribution in [0.4, 0.5) is 0 Å². The zero-order valence-corrected chi connectivity index (χ0v) is 12.4. The van der Waals surface area contributed by atoms with Crippen molar-refractivity contribution in [2.45, 2.75) is 6.92 Å². The molecule has 0 N–H and O–H groups in total. The molecule has 1 aliphatic heterocycles. The fraction of sp³-hybridized carbons (Fsp3) is 0.250. The zero-order valence-electron chi connectivity index (χ0n) is 10.0. The van der Waals surface area contributed by atoms with Gasteiger partial charge in [-0.3, -0.25) is 0 Å². The summed E-state index contributed by atoms with van der Waals surface area (Å²) in [6.45, 7) is 1.83. The second kappa shape index (κ2) is 4.72. The first kappa shape index (κ1) is 13.1. The lowest BCUT2D eigenvalue weighted by Gasteiger charge is -2.21. The Morgan fingerprint density at radius 1 is 1.56 bits per heavy atom. The van der Waals surface area contributed by atoms with Crippen LogP contribution in [-0.4, -0.2) is 31.0 Å². The summed E-state index contributed by atoms with van der Waals surface area (Å²) in [6, 6.07) is 0. The Hall–Kier alpha value is -1.36. The van der Waals surface area contributed by atoms with Crippen molar-refractivity contribution in [3.63, 3.8) is 0 Å². The predicted molar refractivity (Wildman–Crippen MR) is 74.2 cm³/mol. The van der Waals surface area contributed by atoms with Crippen molar-refractivity contribution < 1.29 is 14.3 Å². The summed E-state index contributed by atoms with van der Waals surface area (Å²) in [6.07, 6.45) is 1.78. The van der Waals surface area contributed by atoms with Gasteiger partial charge in [0.05, 0.1) is 22.0 Å². The van der Waals surface area contributed by atoms with Gasteiger partial charge in [-0.15, -0.1) is 11.3 Å². The second-order valence-electron chi connectivity index (χ2n) is 3.77. The van der Waals surface area contributed by atoms with Crippen LogP contribution in [0.3, 0.4) is 0 Å². The van der Waals surface area contributed by atoms with E-state index in [9.17, 15) is 9.59 Å². The summed E-state index contributed by atoms with van der Waals surface area (Å²) in [5.74, 6) is 1.45. The SMILES string of the molecule is COC(=O)c1c(C)sc2c1C(=C=O)N(C)C=C2Br. The molecule has 18 heavy (non-hydrogen) atoms. The number of halogens is 1. The van der Waals surface area contributed by atoms with Crippen LogP contribution in [0.5, 0.6) is 0 Å². The highest BCUT2D eigenvalue weighted by Gasteiger charge is 2.30. The van der Waals surface area contributed by atoms with E-state index in [0.717, 1.165) is 14.2 Å². The Bertz CT molecular complexity index is 611. The van der Waals surface area contributed by atoms with Crippen LogP contribution in [0, 0.1) is 6.92 Å². The van der Waals surface area contributed by atoms with E-state index in [0.29, 0.717) is 16.8 Å². The maximum atomic E-state index is 11.8. The largest absolute Gasteiger partial charge is 0.465 e. The monoisotopic (exact) mass is 327 g/mol. The highest BCUT2D eigenvalue weighted by molar-refractivity contribution is 9.15. The van der Waals surface area contributed by atoms with Gasteiger partial charge >= 0.3 is 5.97 Å². The van der Waals surface area contributed by atoms with Gasteiger partial charge in [0.15, 0.2) is 5.94 Å². The van der Waals surface area contributed by atoms with Crippen LogP contribution >= 0.6 is 27.3 Å². The first-order valence-electron chi connectivity index (χ1n) is 5.09. The molecule has 1 aromatic rings. The van der Waals surface area contributed by atoms with Gasteiger partial charge in [0.2, 0.25) is 0 Å². The molecule has 0 aliphatic carbocycles. The van der Waals surface area contributed by atoms with Gasteiger partial charge in [-0.05, 0) is 22.9 Å². The number of carbonyl (C=O) groups is 1. The van der Waals surface area contributed by atoms with Gasteiger partial charge in [0.1, 0.15) is 5.70 Å². The highest BCUT2D eigenvalue weighted by atomic mass is 79.9. The van der Waals surface area contributed by atoms with Crippen molar-refractivity contribution in [3.05, 3.63) is 27.1 Å². The minimum Gasteiger partial charge on any atom is -0.465 e. The molecule has 0 unspecified atom stereocenters. The van der Waals surface area contributed by atoms with Gasteiger partial charge in [0.25, 0.3) is 0 Å². The van der Waals surface area contributed by atoms with Crippen LogP contribution in [0.25, 0.3) is 10.2 Å². The molecular formula is C12H10BrNO3S. The lowest BCUT2D eigenvalue weighted by Crippen LogP contribution is -2.17. The Balaban J connectivity index is 2.79. The third kappa shape index (κ3) is 1.82. The lowest BCUT2D eigenvalue weighted by molar-refractivity contribution is 0.0600. The Morgan fingerprint density at radius 2 is 2.22 bits per heavy atom. The summed E-state index contributed by atoms with van der Waals surface area (Å²) in [7, 11) is 3.06. The van der Waals surface area contributed by atoms with Crippen LogP contribution in [0.2, 0.25) is 0 Å². The molecule has 0 aromatic carbocycles. The zero-order chi connectivity index (χ0) is 13.4. The van der Waals surface area contributed by atoms with Crippen LogP contribution in [-0.2, 0) is 9.53 Å². The maximum Gasteiger partial charge on any atom is 0.339 e.